The summed E-state index contributed by atoms with van der Waals surface area (Å²) in [6.07, 6.45) is 4.79. The van der Waals surface area contributed by atoms with Crippen molar-refractivity contribution in [3.05, 3.63) is 54.2 Å². The topological polar surface area (TPSA) is 90.9 Å². The first-order valence-electron chi connectivity index (χ1n) is 7.37. The maximum absolute atomic E-state index is 13.4. The second kappa shape index (κ2) is 5.52. The first kappa shape index (κ1) is 15.0. The molecule has 3 aromatic rings. The Morgan fingerprint density at radius 3 is 2.92 bits per heavy atom. The van der Waals surface area contributed by atoms with Crippen LogP contribution in [0.4, 0.5) is 4.39 Å². The highest BCUT2D eigenvalue weighted by molar-refractivity contribution is 7.90. The SMILES string of the molecule is O=S(=O)(Cc1noc(C2CC2)n1)c1nccn1-c1cccc(F)c1. The Hall–Kier alpha value is -2.55. The van der Waals surface area contributed by atoms with Gasteiger partial charge < -0.3 is 4.52 Å². The van der Waals surface area contributed by atoms with E-state index in [1.165, 1.54) is 35.2 Å². The third-order valence-corrected chi connectivity index (χ3v) is 5.20. The molecule has 1 aliphatic carbocycles. The summed E-state index contributed by atoms with van der Waals surface area (Å²) in [5.41, 5.74) is 0.373. The minimum absolute atomic E-state index is 0.102. The van der Waals surface area contributed by atoms with E-state index in [0.717, 1.165) is 12.8 Å². The molecule has 0 bridgehead atoms. The fraction of sp³-hybridized carbons (Fsp3) is 0.267. The molecule has 1 saturated carbocycles. The van der Waals surface area contributed by atoms with E-state index in [1.807, 2.05) is 0 Å². The third kappa shape index (κ3) is 2.82. The monoisotopic (exact) mass is 348 g/mol. The number of hydrogen-bond acceptors (Lipinski definition) is 6. The highest BCUT2D eigenvalue weighted by Gasteiger charge is 2.31. The van der Waals surface area contributed by atoms with E-state index in [9.17, 15) is 12.8 Å². The Morgan fingerprint density at radius 1 is 1.33 bits per heavy atom. The zero-order valence-electron chi connectivity index (χ0n) is 12.5. The quantitative estimate of drug-likeness (QED) is 0.702. The van der Waals surface area contributed by atoms with Crippen LogP contribution in [0.5, 0.6) is 0 Å². The lowest BCUT2D eigenvalue weighted by Gasteiger charge is -2.07. The first-order valence-corrected chi connectivity index (χ1v) is 9.03. The Labute approximate surface area is 137 Å². The Kier molecular flexibility index (Phi) is 3.45. The summed E-state index contributed by atoms with van der Waals surface area (Å²) in [5.74, 6) is -0.0466. The molecule has 9 heteroatoms. The lowest BCUT2D eigenvalue weighted by Crippen LogP contribution is -2.12. The van der Waals surface area contributed by atoms with Gasteiger partial charge in [0.15, 0.2) is 5.82 Å². The number of benzene rings is 1. The van der Waals surface area contributed by atoms with Gasteiger partial charge in [-0.1, -0.05) is 11.2 Å². The summed E-state index contributed by atoms with van der Waals surface area (Å²) in [6.45, 7) is 0. The molecule has 0 spiro atoms. The lowest BCUT2D eigenvalue weighted by atomic mass is 10.3. The largest absolute Gasteiger partial charge is 0.339 e. The minimum Gasteiger partial charge on any atom is -0.339 e. The van der Waals surface area contributed by atoms with Crippen molar-refractivity contribution in [2.45, 2.75) is 29.7 Å². The summed E-state index contributed by atoms with van der Waals surface area (Å²) < 4.78 is 45.1. The van der Waals surface area contributed by atoms with E-state index < -0.39 is 21.4 Å². The van der Waals surface area contributed by atoms with E-state index >= 15 is 0 Å². The van der Waals surface area contributed by atoms with Crippen LogP contribution in [-0.2, 0) is 15.6 Å². The fourth-order valence-corrected chi connectivity index (χ4v) is 3.67. The second-order valence-electron chi connectivity index (χ2n) is 5.64. The number of nitrogens with zero attached hydrogens (tertiary/aromatic N) is 4. The summed E-state index contributed by atoms with van der Waals surface area (Å²) >= 11 is 0. The normalized spacial score (nSPS) is 14.9. The number of aromatic nitrogens is 4. The minimum atomic E-state index is -3.81. The van der Waals surface area contributed by atoms with Crippen molar-refractivity contribution in [1.29, 1.82) is 0 Å². The van der Waals surface area contributed by atoms with Crippen molar-refractivity contribution in [2.24, 2.45) is 0 Å². The smallest absolute Gasteiger partial charge is 0.232 e. The molecular weight excluding hydrogens is 335 g/mol. The van der Waals surface area contributed by atoms with Crippen LogP contribution in [-0.4, -0.2) is 28.1 Å². The van der Waals surface area contributed by atoms with E-state index in [1.54, 1.807) is 6.07 Å². The molecule has 124 valence electrons. The third-order valence-electron chi connectivity index (χ3n) is 3.70. The molecule has 0 unspecified atom stereocenters. The van der Waals surface area contributed by atoms with Crippen molar-refractivity contribution < 1.29 is 17.3 Å². The molecule has 2 aromatic heterocycles. The molecular formula is C15H13FN4O3S. The summed E-state index contributed by atoms with van der Waals surface area (Å²) in [5, 5.41) is 3.54. The Bertz CT molecular complexity index is 992. The molecule has 0 atom stereocenters. The molecule has 0 N–H and O–H groups in total. The van der Waals surface area contributed by atoms with Crippen LogP contribution in [0.15, 0.2) is 46.3 Å². The van der Waals surface area contributed by atoms with Crippen LogP contribution < -0.4 is 0 Å². The molecule has 24 heavy (non-hydrogen) atoms. The van der Waals surface area contributed by atoms with E-state index in [2.05, 4.69) is 15.1 Å². The van der Waals surface area contributed by atoms with Crippen molar-refractivity contribution in [1.82, 2.24) is 19.7 Å². The molecule has 0 radical (unpaired) electrons. The highest BCUT2D eigenvalue weighted by atomic mass is 32.2. The van der Waals surface area contributed by atoms with Crippen molar-refractivity contribution in [3.63, 3.8) is 0 Å². The molecule has 7 nitrogen and oxygen atoms in total. The zero-order chi connectivity index (χ0) is 16.7. The zero-order valence-corrected chi connectivity index (χ0v) is 13.3. The van der Waals surface area contributed by atoms with Gasteiger partial charge in [0.25, 0.3) is 0 Å². The van der Waals surface area contributed by atoms with Gasteiger partial charge in [-0.15, -0.1) is 0 Å². The summed E-state index contributed by atoms with van der Waals surface area (Å²) in [7, 11) is -3.81. The van der Waals surface area contributed by atoms with Crippen molar-refractivity contribution >= 4 is 9.84 Å². The highest BCUT2D eigenvalue weighted by Crippen LogP contribution is 2.38. The van der Waals surface area contributed by atoms with E-state index in [4.69, 9.17) is 4.52 Å². The Morgan fingerprint density at radius 2 is 2.17 bits per heavy atom. The molecule has 1 fully saturated rings. The second-order valence-corrected chi connectivity index (χ2v) is 7.53. The van der Waals surface area contributed by atoms with E-state index in [-0.39, 0.29) is 16.9 Å². The summed E-state index contributed by atoms with van der Waals surface area (Å²) in [6, 6.07) is 5.62. The predicted octanol–water partition coefficient (Wildman–Crippen LogP) is 2.25. The van der Waals surface area contributed by atoms with Crippen LogP contribution in [0.3, 0.4) is 0 Å². The lowest BCUT2D eigenvalue weighted by molar-refractivity contribution is 0.375. The summed E-state index contributed by atoms with van der Waals surface area (Å²) in [4.78, 5) is 8.04. The van der Waals surface area contributed by atoms with Crippen LogP contribution in [0.25, 0.3) is 5.69 Å². The van der Waals surface area contributed by atoms with Crippen LogP contribution in [0.1, 0.15) is 30.5 Å². The molecule has 0 aliphatic heterocycles. The van der Waals surface area contributed by atoms with Gasteiger partial charge in [0.2, 0.25) is 20.9 Å². The first-order chi connectivity index (χ1) is 11.5. The molecule has 2 heterocycles. The van der Waals surface area contributed by atoms with Gasteiger partial charge in [-0.3, -0.25) is 4.57 Å². The average molecular weight is 348 g/mol. The maximum atomic E-state index is 13.4. The van der Waals surface area contributed by atoms with Crippen LogP contribution in [0.2, 0.25) is 0 Å². The number of halogens is 1. The van der Waals surface area contributed by atoms with Gasteiger partial charge in [-0.25, -0.2) is 17.8 Å². The van der Waals surface area contributed by atoms with Crippen molar-refractivity contribution in [3.8, 4) is 5.69 Å². The van der Waals surface area contributed by atoms with Crippen LogP contribution in [0, 0.1) is 5.82 Å². The molecule has 0 amide bonds. The van der Waals surface area contributed by atoms with Crippen molar-refractivity contribution in [2.75, 3.05) is 0 Å². The number of imidazole rings is 1. The average Bonchev–Trinajstić information content (AvgIpc) is 3.08. The van der Waals surface area contributed by atoms with E-state index in [0.29, 0.717) is 11.6 Å². The molecule has 1 aromatic carbocycles. The number of rotatable bonds is 5. The fourth-order valence-electron chi connectivity index (χ4n) is 2.40. The number of sulfone groups is 1. The predicted molar refractivity (Wildman–Crippen MR) is 80.7 cm³/mol. The standard InChI is InChI=1S/C15H13FN4O3S/c16-11-2-1-3-12(8-11)20-7-6-17-15(20)24(21,22)9-13-18-14(23-19-13)10-4-5-10/h1-3,6-8,10H,4-5,9H2. The molecule has 0 saturated heterocycles. The molecule has 4 rings (SSSR count). The maximum Gasteiger partial charge on any atom is 0.232 e. The van der Waals surface area contributed by atoms with Gasteiger partial charge in [0.1, 0.15) is 11.6 Å². The van der Waals surface area contributed by atoms with Crippen LogP contribution >= 0.6 is 0 Å². The molecule has 1 aliphatic rings. The van der Waals surface area contributed by atoms with Gasteiger partial charge in [-0.2, -0.15) is 4.98 Å². The van der Waals surface area contributed by atoms with Gasteiger partial charge in [0.05, 0.1) is 5.69 Å². The van der Waals surface area contributed by atoms with Gasteiger partial charge in [0, 0.05) is 18.3 Å². The number of hydrogen-bond donors (Lipinski definition) is 0. The Balaban J connectivity index is 1.66. The van der Waals surface area contributed by atoms with Gasteiger partial charge in [-0.05, 0) is 31.0 Å². The van der Waals surface area contributed by atoms with Gasteiger partial charge >= 0.3 is 0 Å².